The highest BCUT2D eigenvalue weighted by Gasteiger charge is 2.37. The number of para-hydroxylation sites is 2. The van der Waals surface area contributed by atoms with Crippen molar-refractivity contribution >= 4 is 52.6 Å². The molecule has 2 aliphatic rings. The average Bonchev–Trinajstić information content (AvgIpc) is 3.48. The van der Waals surface area contributed by atoms with E-state index in [1.807, 2.05) is 0 Å². The Morgan fingerprint density at radius 2 is 0.873 bits per heavy atom. The van der Waals surface area contributed by atoms with Gasteiger partial charge in [0.15, 0.2) is 0 Å². The molecule has 1 saturated carbocycles. The molecule has 1 aliphatic carbocycles. The van der Waals surface area contributed by atoms with Gasteiger partial charge in [-0.3, -0.25) is 0 Å². The largest absolute Gasteiger partial charge is 0.311 e. The summed E-state index contributed by atoms with van der Waals surface area (Å²) in [6, 6.07) is 65.5. The number of hydrogen-bond donors (Lipinski definition) is 0. The standard InChI is InChI=1S/C52H50N2Si/c1-38(39-23-29-45(30-24-39)53(43-17-9-5-10-18-43)46-33-27-42(28-34-46)41-15-7-4-8-16-41)40-25-31-47(32-26-40)54(44-19-11-6-12-20-44)48-35-36-52-50(37-48)49-21-13-14-22-51(49)55(52,2)3/h5-6,9-14,17-38,41H,4,7-8,15-16H2,1-3H3. The molecule has 0 radical (unpaired) electrons. The van der Waals surface area contributed by atoms with Gasteiger partial charge in [-0.05, 0) is 130 Å². The second-order valence-corrected chi connectivity index (χ2v) is 20.4. The summed E-state index contributed by atoms with van der Waals surface area (Å²) in [6.07, 6.45) is 6.73. The topological polar surface area (TPSA) is 6.48 Å². The number of fused-ring (bicyclic) bond motifs is 3. The van der Waals surface area contributed by atoms with Gasteiger partial charge in [-0.1, -0.05) is 142 Å². The van der Waals surface area contributed by atoms with Crippen molar-refractivity contribution in [1.29, 1.82) is 0 Å². The summed E-state index contributed by atoms with van der Waals surface area (Å²) in [5.41, 5.74) is 13.9. The van der Waals surface area contributed by atoms with Gasteiger partial charge in [-0.2, -0.15) is 0 Å². The van der Waals surface area contributed by atoms with Crippen LogP contribution in [0.3, 0.4) is 0 Å². The van der Waals surface area contributed by atoms with Gasteiger partial charge in [0.1, 0.15) is 8.07 Å². The smallest absolute Gasteiger partial charge is 0.113 e. The van der Waals surface area contributed by atoms with Crippen LogP contribution in [0, 0.1) is 0 Å². The monoisotopic (exact) mass is 730 g/mol. The van der Waals surface area contributed by atoms with Crippen LogP contribution in [0.5, 0.6) is 0 Å². The first-order chi connectivity index (χ1) is 27.0. The first kappa shape index (κ1) is 35.1. The maximum Gasteiger partial charge on any atom is 0.113 e. The van der Waals surface area contributed by atoms with Crippen molar-refractivity contribution < 1.29 is 0 Å². The lowest BCUT2D eigenvalue weighted by atomic mass is 9.84. The fraction of sp³-hybridized carbons (Fsp3) is 0.192. The Kier molecular flexibility index (Phi) is 9.49. The summed E-state index contributed by atoms with van der Waals surface area (Å²) in [4.78, 5) is 4.78. The van der Waals surface area contributed by atoms with Crippen molar-refractivity contribution in [3.05, 3.63) is 193 Å². The van der Waals surface area contributed by atoms with Gasteiger partial charge in [0.25, 0.3) is 0 Å². The molecule has 1 fully saturated rings. The zero-order chi connectivity index (χ0) is 37.4. The number of anilines is 6. The maximum atomic E-state index is 2.48. The number of hydrogen-bond acceptors (Lipinski definition) is 2. The first-order valence-electron chi connectivity index (χ1n) is 20.2. The molecule has 0 aromatic heterocycles. The number of rotatable bonds is 9. The van der Waals surface area contributed by atoms with Crippen LogP contribution >= 0.6 is 0 Å². The molecular formula is C52H50N2Si. The SMILES string of the molecule is CC(c1ccc(N(c2ccccc2)c2ccc(C3CCCCC3)cc2)cc1)c1ccc(N(c2ccccc2)c2ccc3c(c2)-c2ccccc2[Si]3(C)C)cc1. The van der Waals surface area contributed by atoms with E-state index in [4.69, 9.17) is 0 Å². The summed E-state index contributed by atoms with van der Waals surface area (Å²) in [6.45, 7) is 7.28. The Morgan fingerprint density at radius 3 is 1.44 bits per heavy atom. The van der Waals surface area contributed by atoms with Crippen LogP contribution in [0.1, 0.15) is 67.6 Å². The molecular weight excluding hydrogens is 681 g/mol. The Hall–Kier alpha value is -5.64. The molecule has 3 heteroatoms. The van der Waals surface area contributed by atoms with E-state index in [-0.39, 0.29) is 5.92 Å². The minimum atomic E-state index is -1.72. The molecule has 1 atom stereocenters. The van der Waals surface area contributed by atoms with Crippen molar-refractivity contribution in [3.63, 3.8) is 0 Å². The zero-order valence-corrected chi connectivity index (χ0v) is 33.3. The maximum absolute atomic E-state index is 2.48. The Bertz CT molecular complexity index is 2380. The molecule has 55 heavy (non-hydrogen) atoms. The summed E-state index contributed by atoms with van der Waals surface area (Å²) >= 11 is 0. The molecule has 0 bridgehead atoms. The van der Waals surface area contributed by atoms with E-state index >= 15 is 0 Å². The lowest BCUT2D eigenvalue weighted by Crippen LogP contribution is -2.49. The Balaban J connectivity index is 0.992. The molecule has 9 rings (SSSR count). The van der Waals surface area contributed by atoms with Crippen molar-refractivity contribution in [2.45, 2.75) is 64.0 Å². The summed E-state index contributed by atoms with van der Waals surface area (Å²) in [5, 5.41) is 3.07. The van der Waals surface area contributed by atoms with Gasteiger partial charge in [0.2, 0.25) is 0 Å². The summed E-state index contributed by atoms with van der Waals surface area (Å²) < 4.78 is 0. The van der Waals surface area contributed by atoms with E-state index < -0.39 is 8.07 Å². The van der Waals surface area contributed by atoms with Crippen molar-refractivity contribution in [3.8, 4) is 11.1 Å². The van der Waals surface area contributed by atoms with Crippen molar-refractivity contribution in [2.75, 3.05) is 9.80 Å². The van der Waals surface area contributed by atoms with Crippen LogP contribution in [-0.4, -0.2) is 8.07 Å². The van der Waals surface area contributed by atoms with E-state index in [0.717, 1.165) is 11.4 Å². The minimum Gasteiger partial charge on any atom is -0.311 e. The fourth-order valence-electron chi connectivity index (χ4n) is 9.24. The molecule has 272 valence electrons. The normalized spacial score (nSPS) is 15.2. The third-order valence-electron chi connectivity index (χ3n) is 12.4. The lowest BCUT2D eigenvalue weighted by molar-refractivity contribution is 0.443. The molecule has 7 aromatic rings. The van der Waals surface area contributed by atoms with Crippen LogP contribution in [0.2, 0.25) is 13.1 Å². The van der Waals surface area contributed by atoms with Gasteiger partial charge >= 0.3 is 0 Å². The second kappa shape index (κ2) is 14.9. The summed E-state index contributed by atoms with van der Waals surface area (Å²) in [5.74, 6) is 0.951. The van der Waals surface area contributed by atoms with Crippen LogP contribution in [-0.2, 0) is 0 Å². The van der Waals surface area contributed by atoms with E-state index in [2.05, 4.69) is 206 Å². The van der Waals surface area contributed by atoms with Crippen molar-refractivity contribution in [2.24, 2.45) is 0 Å². The fourth-order valence-corrected chi connectivity index (χ4v) is 12.3. The molecule has 2 nitrogen and oxygen atoms in total. The van der Waals surface area contributed by atoms with E-state index in [1.54, 1.807) is 0 Å². The average molecular weight is 731 g/mol. The highest BCUT2D eigenvalue weighted by molar-refractivity contribution is 7.03. The molecule has 0 spiro atoms. The highest BCUT2D eigenvalue weighted by Crippen LogP contribution is 2.41. The van der Waals surface area contributed by atoms with Gasteiger partial charge in [-0.15, -0.1) is 0 Å². The number of benzene rings is 7. The van der Waals surface area contributed by atoms with Gasteiger partial charge < -0.3 is 9.80 Å². The molecule has 0 amide bonds. The van der Waals surface area contributed by atoms with Crippen LogP contribution in [0.25, 0.3) is 11.1 Å². The zero-order valence-electron chi connectivity index (χ0n) is 32.3. The molecule has 1 heterocycles. The lowest BCUT2D eigenvalue weighted by Gasteiger charge is -2.28. The Labute approximate surface area is 328 Å². The van der Waals surface area contributed by atoms with E-state index in [1.165, 1.54) is 93.0 Å². The first-order valence-corrected chi connectivity index (χ1v) is 23.2. The van der Waals surface area contributed by atoms with E-state index in [0.29, 0.717) is 5.92 Å². The third-order valence-corrected chi connectivity index (χ3v) is 15.9. The highest BCUT2D eigenvalue weighted by atomic mass is 28.3. The van der Waals surface area contributed by atoms with Crippen LogP contribution < -0.4 is 20.2 Å². The van der Waals surface area contributed by atoms with E-state index in [9.17, 15) is 0 Å². The minimum absolute atomic E-state index is 0.247. The number of nitrogens with zero attached hydrogens (tertiary/aromatic N) is 2. The predicted molar refractivity (Wildman–Crippen MR) is 238 cm³/mol. The van der Waals surface area contributed by atoms with Gasteiger partial charge in [-0.25, -0.2) is 0 Å². The molecule has 7 aromatic carbocycles. The quantitative estimate of drug-likeness (QED) is 0.136. The van der Waals surface area contributed by atoms with Crippen LogP contribution in [0.15, 0.2) is 176 Å². The Morgan fingerprint density at radius 1 is 0.436 bits per heavy atom. The van der Waals surface area contributed by atoms with Crippen LogP contribution in [0.4, 0.5) is 34.1 Å². The predicted octanol–water partition coefficient (Wildman–Crippen LogP) is 13.6. The molecule has 1 aliphatic heterocycles. The molecule has 0 N–H and O–H groups in total. The third kappa shape index (κ3) is 6.72. The van der Waals surface area contributed by atoms with Gasteiger partial charge in [0.05, 0.1) is 0 Å². The van der Waals surface area contributed by atoms with Crippen molar-refractivity contribution in [1.82, 2.24) is 0 Å². The summed E-state index contributed by atoms with van der Waals surface area (Å²) in [7, 11) is -1.72. The second-order valence-electron chi connectivity index (χ2n) is 16.1. The molecule has 1 unspecified atom stereocenters. The van der Waals surface area contributed by atoms with Gasteiger partial charge in [0, 0.05) is 40.0 Å². The molecule has 0 saturated heterocycles.